The van der Waals surface area contributed by atoms with Gasteiger partial charge in [0.05, 0.1) is 13.2 Å². The summed E-state index contributed by atoms with van der Waals surface area (Å²) in [7, 11) is 0. The second kappa shape index (κ2) is 7.05. The van der Waals surface area contributed by atoms with Gasteiger partial charge in [0.2, 0.25) is 0 Å². The van der Waals surface area contributed by atoms with Crippen molar-refractivity contribution in [1.29, 1.82) is 0 Å². The molecule has 3 heteroatoms. The Morgan fingerprint density at radius 1 is 1.26 bits per heavy atom. The van der Waals surface area contributed by atoms with Gasteiger partial charge in [0, 0.05) is 25.7 Å². The summed E-state index contributed by atoms with van der Waals surface area (Å²) in [4.78, 5) is 2.61. The SMILES string of the molecule is CCCNC1CCC(C)(C)CC1CN1CCOCC1. The predicted molar refractivity (Wildman–Crippen MR) is 80.5 cm³/mol. The first-order chi connectivity index (χ1) is 9.11. The highest BCUT2D eigenvalue weighted by molar-refractivity contribution is 4.90. The van der Waals surface area contributed by atoms with E-state index in [0.717, 1.165) is 38.3 Å². The molecule has 0 aromatic rings. The van der Waals surface area contributed by atoms with E-state index >= 15 is 0 Å². The Bertz CT molecular complexity index is 261. The second-order valence-corrected chi connectivity index (χ2v) is 7.14. The molecule has 0 bridgehead atoms. The van der Waals surface area contributed by atoms with E-state index in [9.17, 15) is 0 Å². The van der Waals surface area contributed by atoms with Gasteiger partial charge in [-0.25, -0.2) is 0 Å². The highest BCUT2D eigenvalue weighted by Gasteiger charge is 2.35. The molecule has 0 aromatic heterocycles. The summed E-state index contributed by atoms with van der Waals surface area (Å²) >= 11 is 0. The zero-order chi connectivity index (χ0) is 13.7. The molecule has 1 saturated heterocycles. The van der Waals surface area contributed by atoms with Gasteiger partial charge in [0.1, 0.15) is 0 Å². The summed E-state index contributed by atoms with van der Waals surface area (Å²) in [6, 6.07) is 0.732. The van der Waals surface area contributed by atoms with E-state index in [0.29, 0.717) is 5.41 Å². The third kappa shape index (κ3) is 4.73. The van der Waals surface area contributed by atoms with Crippen molar-refractivity contribution in [3.63, 3.8) is 0 Å². The van der Waals surface area contributed by atoms with Gasteiger partial charge >= 0.3 is 0 Å². The Morgan fingerprint density at radius 3 is 2.68 bits per heavy atom. The molecule has 19 heavy (non-hydrogen) atoms. The normalized spacial score (nSPS) is 32.4. The number of nitrogens with zero attached hydrogens (tertiary/aromatic N) is 1. The van der Waals surface area contributed by atoms with Crippen LogP contribution in [-0.4, -0.2) is 50.3 Å². The topological polar surface area (TPSA) is 24.5 Å². The van der Waals surface area contributed by atoms with Crippen molar-refractivity contribution in [2.45, 2.75) is 52.5 Å². The van der Waals surface area contributed by atoms with Crippen LogP contribution in [0.3, 0.4) is 0 Å². The maximum atomic E-state index is 5.46. The van der Waals surface area contributed by atoms with Crippen LogP contribution in [-0.2, 0) is 4.74 Å². The van der Waals surface area contributed by atoms with Crippen LogP contribution >= 0.6 is 0 Å². The summed E-state index contributed by atoms with van der Waals surface area (Å²) in [5, 5.41) is 3.79. The van der Waals surface area contributed by atoms with E-state index in [1.54, 1.807) is 0 Å². The minimum Gasteiger partial charge on any atom is -0.379 e. The van der Waals surface area contributed by atoms with E-state index in [2.05, 4.69) is 31.0 Å². The molecule has 1 saturated carbocycles. The second-order valence-electron chi connectivity index (χ2n) is 7.14. The van der Waals surface area contributed by atoms with Crippen molar-refractivity contribution in [3.8, 4) is 0 Å². The van der Waals surface area contributed by atoms with Crippen molar-refractivity contribution in [1.82, 2.24) is 10.2 Å². The van der Waals surface area contributed by atoms with E-state index in [4.69, 9.17) is 4.74 Å². The minimum absolute atomic E-state index is 0.529. The maximum Gasteiger partial charge on any atom is 0.0594 e. The van der Waals surface area contributed by atoms with Crippen LogP contribution in [0, 0.1) is 11.3 Å². The molecular weight excluding hydrogens is 236 g/mol. The number of rotatable bonds is 5. The number of morpholine rings is 1. The van der Waals surface area contributed by atoms with Gasteiger partial charge in [-0.2, -0.15) is 0 Å². The molecule has 2 atom stereocenters. The lowest BCUT2D eigenvalue weighted by atomic mass is 9.69. The highest BCUT2D eigenvalue weighted by atomic mass is 16.5. The molecule has 1 heterocycles. The lowest BCUT2D eigenvalue weighted by molar-refractivity contribution is 0.0159. The van der Waals surface area contributed by atoms with E-state index in [1.807, 2.05) is 0 Å². The lowest BCUT2D eigenvalue weighted by Crippen LogP contribution is -2.49. The number of hydrogen-bond acceptors (Lipinski definition) is 3. The largest absolute Gasteiger partial charge is 0.379 e. The molecule has 1 aliphatic heterocycles. The minimum atomic E-state index is 0.529. The van der Waals surface area contributed by atoms with Crippen LogP contribution in [0.4, 0.5) is 0 Å². The number of ether oxygens (including phenoxy) is 1. The van der Waals surface area contributed by atoms with E-state index in [-0.39, 0.29) is 0 Å². The van der Waals surface area contributed by atoms with Gasteiger partial charge in [-0.15, -0.1) is 0 Å². The first-order valence-corrected chi connectivity index (χ1v) is 8.14. The molecule has 1 N–H and O–H groups in total. The summed E-state index contributed by atoms with van der Waals surface area (Å²) in [6.07, 6.45) is 5.33. The van der Waals surface area contributed by atoms with Crippen molar-refractivity contribution in [2.75, 3.05) is 39.4 Å². The first-order valence-electron chi connectivity index (χ1n) is 8.14. The molecule has 2 unspecified atom stereocenters. The average Bonchev–Trinajstić information content (AvgIpc) is 2.38. The molecule has 2 aliphatic rings. The molecular formula is C16H32N2O. The number of hydrogen-bond donors (Lipinski definition) is 1. The van der Waals surface area contributed by atoms with Crippen LogP contribution < -0.4 is 5.32 Å². The van der Waals surface area contributed by atoms with Gasteiger partial charge in [-0.05, 0) is 43.6 Å². The monoisotopic (exact) mass is 268 g/mol. The first kappa shape index (κ1) is 15.3. The Labute approximate surface area is 119 Å². The fourth-order valence-corrected chi connectivity index (χ4v) is 3.64. The average molecular weight is 268 g/mol. The van der Waals surface area contributed by atoms with Gasteiger partial charge in [0.15, 0.2) is 0 Å². The van der Waals surface area contributed by atoms with Crippen LogP contribution in [0.25, 0.3) is 0 Å². The standard InChI is InChI=1S/C16H32N2O/c1-4-7-17-15-5-6-16(2,3)12-14(15)13-18-8-10-19-11-9-18/h14-15,17H,4-13H2,1-3H3. The van der Waals surface area contributed by atoms with Crippen molar-refractivity contribution in [2.24, 2.45) is 11.3 Å². The summed E-state index contributed by atoms with van der Waals surface area (Å²) in [5.74, 6) is 0.813. The molecule has 0 spiro atoms. The molecule has 2 rings (SSSR count). The molecule has 0 radical (unpaired) electrons. The third-order valence-corrected chi connectivity index (χ3v) is 4.77. The summed E-state index contributed by atoms with van der Waals surface area (Å²) in [5.41, 5.74) is 0.529. The molecule has 0 aromatic carbocycles. The fourth-order valence-electron chi connectivity index (χ4n) is 3.64. The predicted octanol–water partition coefficient (Wildman–Crippen LogP) is 2.51. The van der Waals surface area contributed by atoms with Crippen LogP contribution in [0.15, 0.2) is 0 Å². The summed E-state index contributed by atoms with van der Waals surface area (Å²) < 4.78 is 5.46. The highest BCUT2D eigenvalue weighted by Crippen LogP contribution is 2.39. The number of nitrogens with one attached hydrogen (secondary N) is 1. The molecule has 3 nitrogen and oxygen atoms in total. The van der Waals surface area contributed by atoms with E-state index < -0.39 is 0 Å². The van der Waals surface area contributed by atoms with E-state index in [1.165, 1.54) is 38.8 Å². The molecule has 0 amide bonds. The van der Waals surface area contributed by atoms with Crippen molar-refractivity contribution in [3.05, 3.63) is 0 Å². The van der Waals surface area contributed by atoms with Crippen LogP contribution in [0.5, 0.6) is 0 Å². The summed E-state index contributed by atoms with van der Waals surface area (Å²) in [6.45, 7) is 13.7. The van der Waals surface area contributed by atoms with Crippen molar-refractivity contribution < 1.29 is 4.74 Å². The zero-order valence-corrected chi connectivity index (χ0v) is 13.1. The lowest BCUT2D eigenvalue weighted by Gasteiger charge is -2.43. The third-order valence-electron chi connectivity index (χ3n) is 4.77. The van der Waals surface area contributed by atoms with Crippen LogP contribution in [0.2, 0.25) is 0 Å². The maximum absolute atomic E-state index is 5.46. The quantitative estimate of drug-likeness (QED) is 0.829. The Morgan fingerprint density at radius 2 is 2.00 bits per heavy atom. The van der Waals surface area contributed by atoms with Gasteiger partial charge in [-0.3, -0.25) is 4.90 Å². The Kier molecular flexibility index (Phi) is 5.67. The zero-order valence-electron chi connectivity index (χ0n) is 13.1. The molecule has 1 aliphatic carbocycles. The smallest absolute Gasteiger partial charge is 0.0594 e. The van der Waals surface area contributed by atoms with Crippen molar-refractivity contribution >= 4 is 0 Å². The molecule has 112 valence electrons. The van der Waals surface area contributed by atoms with Crippen LogP contribution in [0.1, 0.15) is 46.5 Å². The molecule has 2 fully saturated rings. The van der Waals surface area contributed by atoms with Gasteiger partial charge in [-0.1, -0.05) is 20.8 Å². The van der Waals surface area contributed by atoms with Gasteiger partial charge < -0.3 is 10.1 Å². The van der Waals surface area contributed by atoms with Gasteiger partial charge in [0.25, 0.3) is 0 Å². The Hall–Kier alpha value is -0.120. The fraction of sp³-hybridized carbons (Fsp3) is 1.00. The Balaban J connectivity index is 1.89.